The molecule has 0 saturated heterocycles. The second-order valence-electron chi connectivity index (χ2n) is 6.42. The predicted octanol–water partition coefficient (Wildman–Crippen LogP) is 2.52. The molecule has 0 radical (unpaired) electrons. The van der Waals surface area contributed by atoms with Gasteiger partial charge in [0.15, 0.2) is 0 Å². The minimum atomic E-state index is -3.39. The lowest BCUT2D eigenvalue weighted by Crippen LogP contribution is -2.30. The van der Waals surface area contributed by atoms with Gasteiger partial charge in [-0.15, -0.1) is 0 Å². The number of hydrogen-bond acceptors (Lipinski definition) is 3. The van der Waals surface area contributed by atoms with Crippen molar-refractivity contribution in [1.82, 2.24) is 9.62 Å². The summed E-state index contributed by atoms with van der Waals surface area (Å²) in [5.74, 6) is 0.311. The Morgan fingerprint density at radius 1 is 1.33 bits per heavy atom. The molecule has 1 aliphatic carbocycles. The molecule has 5 heteroatoms. The normalized spacial score (nSPS) is 15.9. The zero-order chi connectivity index (χ0) is 15.6. The van der Waals surface area contributed by atoms with E-state index in [0.29, 0.717) is 23.4 Å². The molecule has 1 N–H and O–H groups in total. The molecule has 1 fully saturated rings. The molecule has 1 saturated carbocycles. The lowest BCUT2D eigenvalue weighted by Gasteiger charge is -2.20. The monoisotopic (exact) mass is 310 g/mol. The minimum absolute atomic E-state index is 0.311. The predicted molar refractivity (Wildman–Crippen MR) is 85.7 cm³/mol. The molecule has 0 spiro atoms. The van der Waals surface area contributed by atoms with E-state index in [1.54, 1.807) is 13.1 Å². The van der Waals surface area contributed by atoms with Crippen LogP contribution >= 0.6 is 0 Å². The number of sulfonamides is 1. The molecule has 2 rings (SSSR count). The molecule has 118 valence electrons. The maximum atomic E-state index is 12.6. The summed E-state index contributed by atoms with van der Waals surface area (Å²) in [6.45, 7) is 7.34. The fourth-order valence-electron chi connectivity index (χ4n) is 2.33. The molecule has 1 aromatic carbocycles. The first kappa shape index (κ1) is 16.5. The zero-order valence-corrected chi connectivity index (χ0v) is 14.2. The van der Waals surface area contributed by atoms with E-state index >= 15 is 0 Å². The Labute approximate surface area is 128 Å². The van der Waals surface area contributed by atoms with Crippen molar-refractivity contribution in [2.24, 2.45) is 5.92 Å². The van der Waals surface area contributed by atoms with E-state index in [9.17, 15) is 8.42 Å². The molecule has 0 heterocycles. The van der Waals surface area contributed by atoms with Crippen molar-refractivity contribution in [2.75, 3.05) is 13.6 Å². The molecule has 1 aliphatic rings. The molecule has 21 heavy (non-hydrogen) atoms. The second-order valence-corrected chi connectivity index (χ2v) is 8.47. The van der Waals surface area contributed by atoms with E-state index in [1.807, 2.05) is 32.9 Å². The summed E-state index contributed by atoms with van der Waals surface area (Å²) in [5.41, 5.74) is 2.20. The van der Waals surface area contributed by atoms with Crippen LogP contribution in [0.5, 0.6) is 0 Å². The van der Waals surface area contributed by atoms with Gasteiger partial charge in [-0.25, -0.2) is 12.7 Å². The number of rotatable bonds is 7. The van der Waals surface area contributed by atoms with Gasteiger partial charge in [0.25, 0.3) is 0 Å². The highest BCUT2D eigenvalue weighted by Gasteiger charge is 2.23. The van der Waals surface area contributed by atoms with Crippen LogP contribution in [0, 0.1) is 12.8 Å². The maximum Gasteiger partial charge on any atom is 0.242 e. The lowest BCUT2D eigenvalue weighted by molar-refractivity contribution is 0.417. The smallest absolute Gasteiger partial charge is 0.242 e. The SMILES string of the molecule is Cc1ccc(S(=O)(=O)N(C)CC(C)C)cc1CNC1CC1. The van der Waals surface area contributed by atoms with Crippen molar-refractivity contribution in [3.8, 4) is 0 Å². The average Bonchev–Trinajstić information content (AvgIpc) is 3.20. The van der Waals surface area contributed by atoms with E-state index in [1.165, 1.54) is 17.1 Å². The number of aryl methyl sites for hydroxylation is 1. The maximum absolute atomic E-state index is 12.6. The molecule has 0 amide bonds. The number of hydrogen-bond donors (Lipinski definition) is 1. The van der Waals surface area contributed by atoms with Gasteiger partial charge < -0.3 is 5.32 Å². The summed E-state index contributed by atoms with van der Waals surface area (Å²) in [7, 11) is -1.74. The van der Waals surface area contributed by atoms with Gasteiger partial charge in [-0.3, -0.25) is 0 Å². The molecular formula is C16H26N2O2S. The van der Waals surface area contributed by atoms with Crippen molar-refractivity contribution in [3.63, 3.8) is 0 Å². The first-order valence-corrected chi connectivity index (χ1v) is 9.04. The van der Waals surface area contributed by atoms with Gasteiger partial charge >= 0.3 is 0 Å². The number of nitrogens with zero attached hydrogens (tertiary/aromatic N) is 1. The van der Waals surface area contributed by atoms with Crippen molar-refractivity contribution in [1.29, 1.82) is 0 Å². The van der Waals surface area contributed by atoms with Crippen LogP contribution in [-0.4, -0.2) is 32.4 Å². The van der Waals surface area contributed by atoms with E-state index < -0.39 is 10.0 Å². The zero-order valence-electron chi connectivity index (χ0n) is 13.4. The summed E-state index contributed by atoms with van der Waals surface area (Å²) < 4.78 is 26.6. The van der Waals surface area contributed by atoms with Crippen LogP contribution in [0.4, 0.5) is 0 Å². The molecular weight excluding hydrogens is 284 g/mol. The molecule has 0 aliphatic heterocycles. The first-order chi connectivity index (χ1) is 9.80. The van der Waals surface area contributed by atoms with Crippen molar-refractivity contribution < 1.29 is 8.42 Å². The van der Waals surface area contributed by atoms with Crippen molar-refractivity contribution in [3.05, 3.63) is 29.3 Å². The molecule has 4 nitrogen and oxygen atoms in total. The van der Waals surface area contributed by atoms with Gasteiger partial charge in [0.05, 0.1) is 4.90 Å². The summed E-state index contributed by atoms with van der Waals surface area (Å²) in [5, 5.41) is 3.45. The number of benzene rings is 1. The standard InChI is InChI=1S/C16H26N2O2S/c1-12(2)11-18(4)21(19,20)16-8-5-13(3)14(9-16)10-17-15-6-7-15/h5,8-9,12,15,17H,6-7,10-11H2,1-4H3. The van der Waals surface area contributed by atoms with Gasteiger partial charge in [0, 0.05) is 26.2 Å². The highest BCUT2D eigenvalue weighted by atomic mass is 32.2. The second kappa shape index (κ2) is 6.46. The van der Waals surface area contributed by atoms with Gasteiger partial charge in [0.2, 0.25) is 10.0 Å². The van der Waals surface area contributed by atoms with Crippen LogP contribution in [0.1, 0.15) is 37.8 Å². The fraction of sp³-hybridized carbons (Fsp3) is 0.625. The highest BCUT2D eigenvalue weighted by Crippen LogP contribution is 2.22. The molecule has 0 atom stereocenters. The Hall–Kier alpha value is -0.910. The van der Waals surface area contributed by atoms with Gasteiger partial charge in [-0.2, -0.15) is 0 Å². The Morgan fingerprint density at radius 2 is 2.00 bits per heavy atom. The van der Waals surface area contributed by atoms with Crippen LogP contribution < -0.4 is 5.32 Å². The Kier molecular flexibility index (Phi) is 5.07. The summed E-state index contributed by atoms with van der Waals surface area (Å²) in [4.78, 5) is 0.392. The van der Waals surface area contributed by atoms with Gasteiger partial charge in [0.1, 0.15) is 0 Å². The third-order valence-corrected chi connectivity index (χ3v) is 5.63. The first-order valence-electron chi connectivity index (χ1n) is 7.60. The van der Waals surface area contributed by atoms with Crippen LogP contribution in [0.2, 0.25) is 0 Å². The topological polar surface area (TPSA) is 49.4 Å². The van der Waals surface area contributed by atoms with Gasteiger partial charge in [-0.1, -0.05) is 19.9 Å². The Bertz CT molecular complexity index is 592. The van der Waals surface area contributed by atoms with E-state index in [4.69, 9.17) is 0 Å². The van der Waals surface area contributed by atoms with Crippen molar-refractivity contribution in [2.45, 2.75) is 51.1 Å². The highest BCUT2D eigenvalue weighted by molar-refractivity contribution is 7.89. The Morgan fingerprint density at radius 3 is 2.57 bits per heavy atom. The molecule has 0 unspecified atom stereocenters. The quantitative estimate of drug-likeness (QED) is 0.842. The van der Waals surface area contributed by atoms with Gasteiger partial charge in [-0.05, 0) is 48.9 Å². The van der Waals surface area contributed by atoms with Crippen LogP contribution in [-0.2, 0) is 16.6 Å². The summed E-state index contributed by atoms with van der Waals surface area (Å²) in [6.07, 6.45) is 2.46. The average molecular weight is 310 g/mol. The third-order valence-electron chi connectivity index (χ3n) is 3.81. The van der Waals surface area contributed by atoms with Crippen molar-refractivity contribution >= 4 is 10.0 Å². The van der Waals surface area contributed by atoms with Crippen LogP contribution in [0.25, 0.3) is 0 Å². The summed E-state index contributed by atoms with van der Waals surface area (Å²) >= 11 is 0. The number of nitrogens with one attached hydrogen (secondary N) is 1. The van der Waals surface area contributed by atoms with E-state index in [0.717, 1.165) is 17.7 Å². The van der Waals surface area contributed by atoms with Crippen LogP contribution in [0.3, 0.4) is 0 Å². The molecule has 1 aromatic rings. The van der Waals surface area contributed by atoms with E-state index in [2.05, 4.69) is 5.32 Å². The Balaban J connectivity index is 2.19. The minimum Gasteiger partial charge on any atom is -0.310 e. The van der Waals surface area contributed by atoms with Crippen LogP contribution in [0.15, 0.2) is 23.1 Å². The molecule has 0 aromatic heterocycles. The summed E-state index contributed by atoms with van der Waals surface area (Å²) in [6, 6.07) is 6.05. The lowest BCUT2D eigenvalue weighted by atomic mass is 10.1. The fourth-order valence-corrected chi connectivity index (χ4v) is 3.72. The van der Waals surface area contributed by atoms with E-state index in [-0.39, 0.29) is 0 Å². The molecule has 0 bridgehead atoms. The third kappa shape index (κ3) is 4.28. The largest absolute Gasteiger partial charge is 0.310 e.